The Morgan fingerprint density at radius 2 is 2.14 bits per heavy atom. The molecule has 0 aromatic rings. The Morgan fingerprint density at radius 3 is 2.83 bits per heavy atom. The fourth-order valence-corrected chi connectivity index (χ4v) is 4.19. The molecule has 1 aliphatic carbocycles. The number of rotatable bonds is 8. The van der Waals surface area contributed by atoms with Crippen molar-refractivity contribution in [3.8, 4) is 0 Å². The third kappa shape index (κ3) is 7.18. The van der Waals surface area contributed by atoms with E-state index in [1.165, 1.54) is 6.08 Å². The molecular weight excluding hydrogens is 378 g/mol. The second-order valence-electron chi connectivity index (χ2n) is 8.52. The predicted molar refractivity (Wildman–Crippen MR) is 109 cm³/mol. The van der Waals surface area contributed by atoms with Crippen molar-refractivity contribution >= 4 is 5.97 Å². The molecular formula is C23H36F2O4. The number of aliphatic hydroxyl groups is 1. The van der Waals surface area contributed by atoms with Gasteiger partial charge in [-0.25, -0.2) is 8.78 Å². The summed E-state index contributed by atoms with van der Waals surface area (Å²) in [5.74, 6) is -3.61. The minimum absolute atomic E-state index is 0.0341. The summed E-state index contributed by atoms with van der Waals surface area (Å²) in [5.41, 5.74) is 0. The number of esters is 1. The molecule has 0 saturated heterocycles. The van der Waals surface area contributed by atoms with Crippen molar-refractivity contribution in [3.05, 3.63) is 24.3 Å². The summed E-state index contributed by atoms with van der Waals surface area (Å²) in [4.78, 5) is 12.1. The number of hydrogen-bond donors (Lipinski definition) is 1. The lowest BCUT2D eigenvalue weighted by Crippen LogP contribution is -2.32. The molecule has 5 atom stereocenters. The SMILES string of the molecule is CCCCC(F)(F)[C@H](O)/C=C/[C@@H]1C2C/C=C\CCCC(=O)OC2C[C@H]1OC(C)C. The lowest BCUT2D eigenvalue weighted by atomic mass is 9.89. The maximum Gasteiger partial charge on any atom is 0.306 e. The summed E-state index contributed by atoms with van der Waals surface area (Å²) in [6, 6.07) is 0. The topological polar surface area (TPSA) is 55.8 Å². The van der Waals surface area contributed by atoms with Crippen LogP contribution in [0.2, 0.25) is 0 Å². The van der Waals surface area contributed by atoms with Gasteiger partial charge in [0, 0.05) is 31.1 Å². The third-order valence-corrected chi connectivity index (χ3v) is 5.73. The number of ether oxygens (including phenoxy) is 2. The van der Waals surface area contributed by atoms with Gasteiger partial charge in [0.2, 0.25) is 0 Å². The third-order valence-electron chi connectivity index (χ3n) is 5.73. The molecule has 6 heteroatoms. The smallest absolute Gasteiger partial charge is 0.306 e. The van der Waals surface area contributed by atoms with Crippen molar-refractivity contribution < 1.29 is 28.2 Å². The largest absolute Gasteiger partial charge is 0.462 e. The van der Waals surface area contributed by atoms with Crippen LogP contribution in [0.5, 0.6) is 0 Å². The second-order valence-corrected chi connectivity index (χ2v) is 8.52. The van der Waals surface area contributed by atoms with Gasteiger partial charge in [0.1, 0.15) is 12.2 Å². The summed E-state index contributed by atoms with van der Waals surface area (Å²) < 4.78 is 40.1. The van der Waals surface area contributed by atoms with Crippen LogP contribution in [-0.4, -0.2) is 41.4 Å². The van der Waals surface area contributed by atoms with E-state index in [9.17, 15) is 18.7 Å². The number of fused-ring (bicyclic) bond motifs is 1. The van der Waals surface area contributed by atoms with Gasteiger partial charge in [-0.3, -0.25) is 4.79 Å². The van der Waals surface area contributed by atoms with Gasteiger partial charge >= 0.3 is 5.97 Å². The van der Waals surface area contributed by atoms with Gasteiger partial charge in [-0.2, -0.15) is 0 Å². The average Bonchev–Trinajstić information content (AvgIpc) is 2.96. The standard InChI is InChI=1S/C23H36F2O4/c1-4-5-14-23(24,25)21(26)13-12-18-17-10-8-6-7-9-11-22(27)29-20(17)15-19(18)28-16(2)3/h6,8,12-13,16-21,26H,4-5,7,9-11,14-15H2,1-3H3/b8-6-,13-12+/t17?,18-,19-,20?,21-/m1/s1. The molecule has 166 valence electrons. The van der Waals surface area contributed by atoms with Gasteiger partial charge in [0.25, 0.3) is 5.92 Å². The summed E-state index contributed by atoms with van der Waals surface area (Å²) in [6.45, 7) is 5.70. The van der Waals surface area contributed by atoms with Crippen molar-refractivity contribution in [1.29, 1.82) is 0 Å². The number of halogens is 2. The van der Waals surface area contributed by atoms with E-state index in [-0.39, 0.29) is 42.5 Å². The van der Waals surface area contributed by atoms with Crippen molar-refractivity contribution in [1.82, 2.24) is 0 Å². The van der Waals surface area contributed by atoms with Crippen LogP contribution in [0.4, 0.5) is 8.78 Å². The van der Waals surface area contributed by atoms with E-state index in [2.05, 4.69) is 12.2 Å². The van der Waals surface area contributed by atoms with Crippen LogP contribution < -0.4 is 0 Å². The first kappa shape index (κ1) is 24.0. The Bertz CT molecular complexity index is 573. The molecule has 29 heavy (non-hydrogen) atoms. The number of hydrogen-bond acceptors (Lipinski definition) is 4. The van der Waals surface area contributed by atoms with Crippen LogP contribution >= 0.6 is 0 Å². The molecule has 2 aliphatic rings. The number of carbonyl (C=O) groups excluding carboxylic acids is 1. The summed E-state index contributed by atoms with van der Waals surface area (Å²) in [6.07, 6.45) is 8.51. The van der Waals surface area contributed by atoms with Crippen LogP contribution in [0, 0.1) is 11.8 Å². The van der Waals surface area contributed by atoms with E-state index in [1.807, 2.05) is 20.8 Å². The van der Waals surface area contributed by atoms with Gasteiger partial charge < -0.3 is 14.6 Å². The van der Waals surface area contributed by atoms with Gasteiger partial charge in [-0.1, -0.05) is 37.6 Å². The zero-order valence-corrected chi connectivity index (χ0v) is 17.9. The molecule has 4 nitrogen and oxygen atoms in total. The molecule has 0 radical (unpaired) electrons. The molecule has 2 rings (SSSR count). The van der Waals surface area contributed by atoms with E-state index in [0.29, 0.717) is 32.1 Å². The summed E-state index contributed by atoms with van der Waals surface area (Å²) >= 11 is 0. The Hall–Kier alpha value is -1.27. The van der Waals surface area contributed by atoms with Gasteiger partial charge in [-0.15, -0.1) is 0 Å². The highest BCUT2D eigenvalue weighted by molar-refractivity contribution is 5.69. The first-order valence-corrected chi connectivity index (χ1v) is 11.0. The van der Waals surface area contributed by atoms with Gasteiger partial charge in [0.05, 0.1) is 12.2 Å². The maximum absolute atomic E-state index is 14.2. The fraction of sp³-hybridized carbons (Fsp3) is 0.783. The molecule has 2 unspecified atom stereocenters. The molecule has 1 N–H and O–H groups in total. The number of allylic oxidation sites excluding steroid dienone is 2. The van der Waals surface area contributed by atoms with Gasteiger partial charge in [0.15, 0.2) is 0 Å². The first-order chi connectivity index (χ1) is 13.7. The fourth-order valence-electron chi connectivity index (χ4n) is 4.19. The minimum Gasteiger partial charge on any atom is -0.462 e. The van der Waals surface area contributed by atoms with E-state index in [4.69, 9.17) is 9.47 Å². The molecule has 1 aliphatic heterocycles. The molecule has 0 aromatic heterocycles. The van der Waals surface area contributed by atoms with Crippen molar-refractivity contribution in [2.75, 3.05) is 0 Å². The van der Waals surface area contributed by atoms with Crippen molar-refractivity contribution in [2.24, 2.45) is 11.8 Å². The zero-order valence-electron chi connectivity index (χ0n) is 17.9. The van der Waals surface area contributed by atoms with E-state index >= 15 is 0 Å². The van der Waals surface area contributed by atoms with E-state index < -0.39 is 12.0 Å². The Kier molecular flexibility index (Phi) is 9.28. The van der Waals surface area contributed by atoms with Crippen LogP contribution in [0.3, 0.4) is 0 Å². The van der Waals surface area contributed by atoms with Crippen LogP contribution in [0.25, 0.3) is 0 Å². The highest BCUT2D eigenvalue weighted by Crippen LogP contribution is 2.41. The Labute approximate surface area is 173 Å². The van der Waals surface area contributed by atoms with Crippen LogP contribution in [-0.2, 0) is 14.3 Å². The monoisotopic (exact) mass is 414 g/mol. The van der Waals surface area contributed by atoms with E-state index in [1.54, 1.807) is 6.08 Å². The first-order valence-electron chi connectivity index (χ1n) is 11.0. The quantitative estimate of drug-likeness (QED) is 0.438. The lowest BCUT2D eigenvalue weighted by Gasteiger charge is -2.26. The lowest BCUT2D eigenvalue weighted by molar-refractivity contribution is -0.151. The number of carbonyl (C=O) groups is 1. The maximum atomic E-state index is 14.2. The molecule has 0 bridgehead atoms. The normalized spacial score (nSPS) is 30.9. The molecule has 1 fully saturated rings. The molecule has 0 aromatic carbocycles. The summed E-state index contributed by atoms with van der Waals surface area (Å²) in [5, 5.41) is 10.1. The number of aliphatic hydroxyl groups excluding tert-OH is 1. The van der Waals surface area contributed by atoms with Crippen LogP contribution in [0.15, 0.2) is 24.3 Å². The number of alkyl halides is 2. The van der Waals surface area contributed by atoms with Gasteiger partial charge in [-0.05, 0) is 39.5 Å². The molecule has 0 amide bonds. The highest BCUT2D eigenvalue weighted by atomic mass is 19.3. The second kappa shape index (κ2) is 11.2. The van der Waals surface area contributed by atoms with Crippen molar-refractivity contribution in [3.63, 3.8) is 0 Å². The summed E-state index contributed by atoms with van der Waals surface area (Å²) in [7, 11) is 0. The van der Waals surface area contributed by atoms with E-state index in [0.717, 1.165) is 12.8 Å². The minimum atomic E-state index is -3.15. The highest BCUT2D eigenvalue weighted by Gasteiger charge is 2.45. The molecule has 1 saturated carbocycles. The Balaban J connectivity index is 2.20. The Morgan fingerprint density at radius 1 is 1.38 bits per heavy atom. The van der Waals surface area contributed by atoms with Crippen LogP contribution in [0.1, 0.15) is 72.1 Å². The zero-order chi connectivity index (χ0) is 21.4. The predicted octanol–water partition coefficient (Wildman–Crippen LogP) is 5.20. The number of unbranched alkanes of at least 4 members (excludes halogenated alkanes) is 1. The molecule has 0 spiro atoms. The average molecular weight is 415 g/mol. The van der Waals surface area contributed by atoms with Crippen molar-refractivity contribution in [2.45, 2.75) is 102 Å². The molecule has 1 heterocycles.